The third-order valence-electron chi connectivity index (χ3n) is 2.01. The highest BCUT2D eigenvalue weighted by Gasteiger charge is 2.09. The number of hydrogen-bond acceptors (Lipinski definition) is 3. The van der Waals surface area contributed by atoms with E-state index < -0.39 is 0 Å². The van der Waals surface area contributed by atoms with Crippen molar-refractivity contribution in [2.45, 2.75) is 39.9 Å². The molecule has 3 heteroatoms. The van der Waals surface area contributed by atoms with Crippen LogP contribution in [0.2, 0.25) is 0 Å². The Morgan fingerprint density at radius 3 is 2.28 bits per heavy atom. The van der Waals surface area contributed by atoms with Crippen molar-refractivity contribution in [2.75, 3.05) is 6.61 Å². The molecule has 0 atom stereocenters. The second-order valence-electron chi connectivity index (χ2n) is 4.54. The summed E-state index contributed by atoms with van der Waals surface area (Å²) in [5.74, 6) is 2.19. The van der Waals surface area contributed by atoms with Crippen LogP contribution >= 0.6 is 0 Å². The maximum atomic E-state index is 5.73. The van der Waals surface area contributed by atoms with E-state index >= 15 is 0 Å². The Labute approximate surface area is 109 Å². The molecule has 0 saturated heterocycles. The topological polar surface area (TPSA) is 27.7 Å². The van der Waals surface area contributed by atoms with Gasteiger partial charge in [0.1, 0.15) is 12.4 Å². The van der Waals surface area contributed by atoms with E-state index in [1.165, 1.54) is 0 Å². The fraction of sp³-hybridized carbons (Fsp3) is 0.467. The maximum absolute atomic E-state index is 5.73. The molecule has 0 spiro atoms. The van der Waals surface area contributed by atoms with Gasteiger partial charge in [-0.2, -0.15) is 0 Å². The molecule has 0 fully saturated rings. The Hall–Kier alpha value is -1.64. The Balaban J connectivity index is 2.91. The highest BCUT2D eigenvalue weighted by atomic mass is 16.5. The summed E-state index contributed by atoms with van der Waals surface area (Å²) in [7, 11) is 0. The van der Waals surface area contributed by atoms with Gasteiger partial charge in [0, 0.05) is 6.07 Å². The van der Waals surface area contributed by atoms with Gasteiger partial charge in [-0.15, -0.1) is 0 Å². The highest BCUT2D eigenvalue weighted by molar-refractivity contribution is 5.45. The SMILES string of the molecule is C=CCOc1ccc(OC(C)C)cc1OC(C)C. The van der Waals surface area contributed by atoms with E-state index in [1.54, 1.807) is 6.08 Å². The van der Waals surface area contributed by atoms with E-state index in [4.69, 9.17) is 14.2 Å². The summed E-state index contributed by atoms with van der Waals surface area (Å²) in [6, 6.07) is 5.60. The van der Waals surface area contributed by atoms with Gasteiger partial charge in [0.2, 0.25) is 0 Å². The van der Waals surface area contributed by atoms with E-state index in [9.17, 15) is 0 Å². The van der Waals surface area contributed by atoms with Crippen LogP contribution in [0.15, 0.2) is 30.9 Å². The van der Waals surface area contributed by atoms with Gasteiger partial charge in [-0.1, -0.05) is 12.7 Å². The van der Waals surface area contributed by atoms with Gasteiger partial charge in [-0.05, 0) is 39.8 Å². The van der Waals surface area contributed by atoms with Gasteiger partial charge >= 0.3 is 0 Å². The van der Waals surface area contributed by atoms with E-state index in [1.807, 2.05) is 45.9 Å². The van der Waals surface area contributed by atoms with Gasteiger partial charge in [0.05, 0.1) is 12.2 Å². The molecule has 3 nitrogen and oxygen atoms in total. The Morgan fingerprint density at radius 2 is 1.72 bits per heavy atom. The molecule has 1 aromatic carbocycles. The first kappa shape index (κ1) is 14.4. The zero-order valence-corrected chi connectivity index (χ0v) is 11.6. The third-order valence-corrected chi connectivity index (χ3v) is 2.01. The molecule has 100 valence electrons. The fourth-order valence-electron chi connectivity index (χ4n) is 1.45. The molecule has 1 aromatic rings. The van der Waals surface area contributed by atoms with Crippen molar-refractivity contribution in [3.05, 3.63) is 30.9 Å². The van der Waals surface area contributed by atoms with Gasteiger partial charge in [0.15, 0.2) is 11.5 Å². The fourth-order valence-corrected chi connectivity index (χ4v) is 1.45. The smallest absolute Gasteiger partial charge is 0.165 e. The second-order valence-corrected chi connectivity index (χ2v) is 4.54. The monoisotopic (exact) mass is 250 g/mol. The van der Waals surface area contributed by atoms with Crippen molar-refractivity contribution in [1.82, 2.24) is 0 Å². The molecule has 0 saturated carbocycles. The van der Waals surface area contributed by atoms with Gasteiger partial charge in [-0.3, -0.25) is 0 Å². The molecule has 0 bridgehead atoms. The van der Waals surface area contributed by atoms with Crippen molar-refractivity contribution >= 4 is 0 Å². The minimum atomic E-state index is 0.0883. The van der Waals surface area contributed by atoms with E-state index in [0.29, 0.717) is 18.1 Å². The van der Waals surface area contributed by atoms with Crippen LogP contribution < -0.4 is 14.2 Å². The van der Waals surface area contributed by atoms with E-state index in [-0.39, 0.29) is 12.2 Å². The predicted octanol–water partition coefficient (Wildman–Crippen LogP) is 3.83. The molecular formula is C15H22O3. The lowest BCUT2D eigenvalue weighted by atomic mass is 10.3. The second kappa shape index (κ2) is 6.94. The lowest BCUT2D eigenvalue weighted by molar-refractivity contribution is 0.218. The number of hydrogen-bond donors (Lipinski definition) is 0. The lowest BCUT2D eigenvalue weighted by Crippen LogP contribution is -2.09. The van der Waals surface area contributed by atoms with Crippen molar-refractivity contribution in [3.8, 4) is 17.2 Å². The van der Waals surface area contributed by atoms with Crippen LogP contribution in [0.1, 0.15) is 27.7 Å². The number of rotatable bonds is 7. The largest absolute Gasteiger partial charge is 0.491 e. The first-order valence-corrected chi connectivity index (χ1v) is 6.24. The minimum Gasteiger partial charge on any atom is -0.491 e. The molecule has 18 heavy (non-hydrogen) atoms. The molecule has 0 N–H and O–H groups in total. The molecule has 0 aromatic heterocycles. The minimum absolute atomic E-state index is 0.0883. The van der Waals surface area contributed by atoms with Crippen LogP contribution in [0.4, 0.5) is 0 Å². The Kier molecular flexibility index (Phi) is 5.56. The van der Waals surface area contributed by atoms with Crippen molar-refractivity contribution in [2.24, 2.45) is 0 Å². The average molecular weight is 250 g/mol. The quantitative estimate of drug-likeness (QED) is 0.688. The standard InChI is InChI=1S/C15H22O3/c1-6-9-16-14-8-7-13(17-11(2)3)10-15(14)18-12(4)5/h6-8,10-12H,1,9H2,2-5H3. The normalized spacial score (nSPS) is 10.6. The summed E-state index contributed by atoms with van der Waals surface area (Å²) in [6.07, 6.45) is 1.93. The summed E-state index contributed by atoms with van der Waals surface area (Å²) in [6.45, 7) is 12.0. The van der Waals surface area contributed by atoms with Crippen molar-refractivity contribution in [3.63, 3.8) is 0 Å². The summed E-state index contributed by atoms with van der Waals surface area (Å²) >= 11 is 0. The molecule has 0 heterocycles. The molecule has 0 unspecified atom stereocenters. The highest BCUT2D eigenvalue weighted by Crippen LogP contribution is 2.32. The summed E-state index contributed by atoms with van der Waals surface area (Å²) in [5, 5.41) is 0. The Morgan fingerprint density at radius 1 is 1.06 bits per heavy atom. The number of ether oxygens (including phenoxy) is 3. The Bertz CT molecular complexity index is 383. The van der Waals surface area contributed by atoms with E-state index in [2.05, 4.69) is 6.58 Å². The summed E-state index contributed by atoms with van der Waals surface area (Å²) in [5.41, 5.74) is 0. The van der Waals surface area contributed by atoms with Crippen LogP contribution in [0, 0.1) is 0 Å². The van der Waals surface area contributed by atoms with Gasteiger partial charge in [-0.25, -0.2) is 0 Å². The molecule has 0 radical (unpaired) electrons. The molecule has 1 rings (SSSR count). The van der Waals surface area contributed by atoms with Gasteiger partial charge < -0.3 is 14.2 Å². The van der Waals surface area contributed by atoms with Crippen molar-refractivity contribution < 1.29 is 14.2 Å². The lowest BCUT2D eigenvalue weighted by Gasteiger charge is -2.17. The molecule has 0 aliphatic carbocycles. The average Bonchev–Trinajstić information content (AvgIpc) is 2.26. The third kappa shape index (κ3) is 4.70. The molecule has 0 amide bonds. The first-order chi connectivity index (χ1) is 8.52. The zero-order valence-electron chi connectivity index (χ0n) is 11.6. The maximum Gasteiger partial charge on any atom is 0.165 e. The van der Waals surface area contributed by atoms with Crippen molar-refractivity contribution in [1.29, 1.82) is 0 Å². The van der Waals surface area contributed by atoms with Crippen LogP contribution in [-0.2, 0) is 0 Å². The van der Waals surface area contributed by atoms with Crippen LogP contribution in [-0.4, -0.2) is 18.8 Å². The number of benzene rings is 1. The van der Waals surface area contributed by atoms with E-state index in [0.717, 1.165) is 5.75 Å². The summed E-state index contributed by atoms with van der Waals surface area (Å²) < 4.78 is 16.9. The van der Waals surface area contributed by atoms with Crippen LogP contribution in [0.5, 0.6) is 17.2 Å². The molecule has 0 aliphatic heterocycles. The molecule has 0 aliphatic rings. The van der Waals surface area contributed by atoms with Crippen LogP contribution in [0.3, 0.4) is 0 Å². The summed E-state index contributed by atoms with van der Waals surface area (Å²) in [4.78, 5) is 0. The first-order valence-electron chi connectivity index (χ1n) is 6.24. The molecular weight excluding hydrogens is 228 g/mol. The zero-order chi connectivity index (χ0) is 13.5. The van der Waals surface area contributed by atoms with Crippen LogP contribution in [0.25, 0.3) is 0 Å². The van der Waals surface area contributed by atoms with Gasteiger partial charge in [0.25, 0.3) is 0 Å². The predicted molar refractivity (Wildman–Crippen MR) is 73.7 cm³/mol.